The van der Waals surface area contributed by atoms with Crippen molar-refractivity contribution in [2.75, 3.05) is 11.9 Å². The van der Waals surface area contributed by atoms with Crippen molar-refractivity contribution < 1.29 is 9.90 Å². The number of hydrogen-bond acceptors (Lipinski definition) is 2. The number of aliphatic carboxylic acids is 1. The van der Waals surface area contributed by atoms with E-state index in [0.717, 1.165) is 36.0 Å². The number of hydrogen-bond donors (Lipinski definition) is 2. The molecule has 17 heavy (non-hydrogen) atoms. The van der Waals surface area contributed by atoms with Gasteiger partial charge in [-0.05, 0) is 47.0 Å². The predicted molar refractivity (Wildman–Crippen MR) is 73.7 cm³/mol. The van der Waals surface area contributed by atoms with E-state index in [9.17, 15) is 4.79 Å². The van der Waals surface area contributed by atoms with Crippen molar-refractivity contribution in [3.8, 4) is 0 Å². The molecule has 2 N–H and O–H groups in total. The molecule has 0 amide bonds. The van der Waals surface area contributed by atoms with Gasteiger partial charge in [0.15, 0.2) is 0 Å². The number of nitrogens with one attached hydrogen (secondary N) is 1. The summed E-state index contributed by atoms with van der Waals surface area (Å²) in [5.74, 6) is -0.724. The van der Waals surface area contributed by atoms with Gasteiger partial charge in [-0.15, -0.1) is 0 Å². The number of anilines is 1. The van der Waals surface area contributed by atoms with Crippen LogP contribution in [0.15, 0.2) is 22.7 Å². The van der Waals surface area contributed by atoms with Gasteiger partial charge in [-0.25, -0.2) is 0 Å². The SMILES string of the molecule is O=C(O)CCCCCNc1ccc(Br)c(Cl)c1. The Labute approximate surface area is 114 Å². The lowest BCUT2D eigenvalue weighted by atomic mass is 10.2. The normalized spacial score (nSPS) is 10.2. The van der Waals surface area contributed by atoms with E-state index in [-0.39, 0.29) is 6.42 Å². The lowest BCUT2D eigenvalue weighted by Gasteiger charge is -2.07. The Bertz CT molecular complexity index is 385. The van der Waals surface area contributed by atoms with Gasteiger partial charge < -0.3 is 10.4 Å². The minimum atomic E-state index is -0.724. The van der Waals surface area contributed by atoms with Crippen LogP contribution in [0.5, 0.6) is 0 Å². The zero-order chi connectivity index (χ0) is 12.7. The molecule has 3 nitrogen and oxygen atoms in total. The van der Waals surface area contributed by atoms with Gasteiger partial charge in [0.25, 0.3) is 0 Å². The molecule has 0 aliphatic rings. The molecule has 0 aromatic heterocycles. The standard InChI is InChI=1S/C12H15BrClNO2/c13-10-6-5-9(8-11(10)14)15-7-3-1-2-4-12(16)17/h5-6,8,15H,1-4,7H2,(H,16,17). The third-order valence-corrected chi connectivity index (χ3v) is 3.55. The Morgan fingerprint density at radius 1 is 1.35 bits per heavy atom. The highest BCUT2D eigenvalue weighted by Crippen LogP contribution is 2.25. The first-order valence-electron chi connectivity index (χ1n) is 5.50. The molecule has 1 aromatic rings. The first kappa shape index (κ1) is 14.3. The monoisotopic (exact) mass is 319 g/mol. The number of halogens is 2. The summed E-state index contributed by atoms with van der Waals surface area (Å²) in [6.07, 6.45) is 2.87. The van der Waals surface area contributed by atoms with E-state index in [1.807, 2.05) is 18.2 Å². The van der Waals surface area contributed by atoms with Crippen LogP contribution in [0.4, 0.5) is 5.69 Å². The maximum atomic E-state index is 10.3. The second-order valence-corrected chi connectivity index (χ2v) is 5.02. The molecule has 0 saturated carbocycles. The third kappa shape index (κ3) is 5.94. The molecule has 94 valence electrons. The van der Waals surface area contributed by atoms with Crippen LogP contribution in [0.3, 0.4) is 0 Å². The van der Waals surface area contributed by atoms with E-state index < -0.39 is 5.97 Å². The molecule has 0 bridgehead atoms. The fourth-order valence-electron chi connectivity index (χ4n) is 1.42. The summed E-state index contributed by atoms with van der Waals surface area (Å²) in [4.78, 5) is 10.3. The van der Waals surface area contributed by atoms with Crippen LogP contribution in [0.2, 0.25) is 5.02 Å². The summed E-state index contributed by atoms with van der Waals surface area (Å²) < 4.78 is 0.881. The summed E-state index contributed by atoms with van der Waals surface area (Å²) >= 11 is 9.29. The van der Waals surface area contributed by atoms with E-state index in [4.69, 9.17) is 16.7 Å². The van der Waals surface area contributed by atoms with Gasteiger partial charge in [0.05, 0.1) is 5.02 Å². The zero-order valence-corrected chi connectivity index (χ0v) is 11.7. The van der Waals surface area contributed by atoms with Crippen molar-refractivity contribution in [3.05, 3.63) is 27.7 Å². The average Bonchev–Trinajstić information content (AvgIpc) is 2.27. The number of carboxylic acid groups (broad SMARTS) is 1. The molecule has 0 saturated heterocycles. The summed E-state index contributed by atoms with van der Waals surface area (Å²) in [6.45, 7) is 0.831. The average molecular weight is 321 g/mol. The van der Waals surface area contributed by atoms with Gasteiger partial charge in [-0.2, -0.15) is 0 Å². The maximum absolute atomic E-state index is 10.3. The zero-order valence-electron chi connectivity index (χ0n) is 9.38. The number of carbonyl (C=O) groups is 1. The Balaban J connectivity index is 2.18. The predicted octanol–water partition coefficient (Wildman–Crippen LogP) is 4.16. The topological polar surface area (TPSA) is 49.3 Å². The lowest BCUT2D eigenvalue weighted by Crippen LogP contribution is -2.02. The molecule has 0 radical (unpaired) electrons. The van der Waals surface area contributed by atoms with Crippen LogP contribution in [0, 0.1) is 0 Å². The second kappa shape index (κ2) is 7.56. The van der Waals surface area contributed by atoms with Crippen molar-refractivity contribution in [1.29, 1.82) is 0 Å². The van der Waals surface area contributed by atoms with Gasteiger partial charge in [0, 0.05) is 23.1 Å². The lowest BCUT2D eigenvalue weighted by molar-refractivity contribution is -0.137. The first-order valence-corrected chi connectivity index (χ1v) is 6.67. The molecule has 5 heteroatoms. The highest BCUT2D eigenvalue weighted by Gasteiger charge is 1.99. The Morgan fingerprint density at radius 2 is 2.12 bits per heavy atom. The molecule has 0 aliphatic heterocycles. The van der Waals surface area contributed by atoms with E-state index in [0.29, 0.717) is 5.02 Å². The largest absolute Gasteiger partial charge is 0.481 e. The Kier molecular flexibility index (Phi) is 6.37. The smallest absolute Gasteiger partial charge is 0.303 e. The van der Waals surface area contributed by atoms with Gasteiger partial charge >= 0.3 is 5.97 Å². The highest BCUT2D eigenvalue weighted by molar-refractivity contribution is 9.10. The molecular formula is C12H15BrClNO2. The summed E-state index contributed by atoms with van der Waals surface area (Å²) in [6, 6.07) is 5.71. The van der Waals surface area contributed by atoms with Gasteiger partial charge in [-0.3, -0.25) is 4.79 Å². The second-order valence-electron chi connectivity index (χ2n) is 3.76. The van der Waals surface area contributed by atoms with E-state index in [1.165, 1.54) is 0 Å². The van der Waals surface area contributed by atoms with Crippen LogP contribution in [0.1, 0.15) is 25.7 Å². The molecule has 0 aliphatic carbocycles. The molecule has 1 aromatic carbocycles. The summed E-state index contributed by atoms with van der Waals surface area (Å²) in [5, 5.41) is 12.4. The van der Waals surface area contributed by atoms with Crippen molar-refractivity contribution in [3.63, 3.8) is 0 Å². The number of benzene rings is 1. The number of rotatable bonds is 7. The first-order chi connectivity index (χ1) is 8.09. The van der Waals surface area contributed by atoms with Crippen LogP contribution in [-0.2, 0) is 4.79 Å². The Hall–Kier alpha value is -0.740. The van der Waals surface area contributed by atoms with Crippen LogP contribution >= 0.6 is 27.5 Å². The maximum Gasteiger partial charge on any atom is 0.303 e. The minimum Gasteiger partial charge on any atom is -0.481 e. The van der Waals surface area contributed by atoms with Crippen LogP contribution in [-0.4, -0.2) is 17.6 Å². The molecule has 1 rings (SSSR count). The van der Waals surface area contributed by atoms with E-state index in [2.05, 4.69) is 21.2 Å². The fourth-order valence-corrected chi connectivity index (χ4v) is 1.84. The Morgan fingerprint density at radius 3 is 2.76 bits per heavy atom. The number of unbranched alkanes of at least 4 members (excludes halogenated alkanes) is 2. The van der Waals surface area contributed by atoms with Crippen molar-refractivity contribution in [2.24, 2.45) is 0 Å². The van der Waals surface area contributed by atoms with Gasteiger partial charge in [-0.1, -0.05) is 18.0 Å². The fraction of sp³-hybridized carbons (Fsp3) is 0.417. The molecule has 0 fully saturated rings. The number of carboxylic acids is 1. The minimum absolute atomic E-state index is 0.254. The molecule has 0 atom stereocenters. The quantitative estimate of drug-likeness (QED) is 0.742. The van der Waals surface area contributed by atoms with Crippen LogP contribution < -0.4 is 5.32 Å². The highest BCUT2D eigenvalue weighted by atomic mass is 79.9. The van der Waals surface area contributed by atoms with Crippen molar-refractivity contribution in [2.45, 2.75) is 25.7 Å². The van der Waals surface area contributed by atoms with E-state index >= 15 is 0 Å². The van der Waals surface area contributed by atoms with Gasteiger partial charge in [0.2, 0.25) is 0 Å². The van der Waals surface area contributed by atoms with Gasteiger partial charge in [0.1, 0.15) is 0 Å². The van der Waals surface area contributed by atoms with E-state index in [1.54, 1.807) is 0 Å². The summed E-state index contributed by atoms with van der Waals surface area (Å²) in [7, 11) is 0. The third-order valence-electron chi connectivity index (χ3n) is 2.32. The molecular weight excluding hydrogens is 305 g/mol. The summed E-state index contributed by atoms with van der Waals surface area (Å²) in [5.41, 5.74) is 0.983. The van der Waals surface area contributed by atoms with Crippen molar-refractivity contribution in [1.82, 2.24) is 0 Å². The van der Waals surface area contributed by atoms with Crippen molar-refractivity contribution >= 4 is 39.2 Å². The molecule has 0 unspecified atom stereocenters. The molecule has 0 heterocycles. The van der Waals surface area contributed by atoms with Crippen LogP contribution in [0.25, 0.3) is 0 Å². The molecule has 0 spiro atoms.